The van der Waals surface area contributed by atoms with Crippen molar-refractivity contribution in [3.05, 3.63) is 72.3 Å². The van der Waals surface area contributed by atoms with Gasteiger partial charge in [-0.3, -0.25) is 14.4 Å². The summed E-state index contributed by atoms with van der Waals surface area (Å²) in [6.07, 6.45) is 0.889. The fourth-order valence-corrected chi connectivity index (χ4v) is 2.75. The third kappa shape index (κ3) is 7.57. The molecule has 0 aromatic heterocycles. The number of aliphatic imine (C=N–C) groups is 1. The summed E-state index contributed by atoms with van der Waals surface area (Å²) in [7, 11) is 0. The number of ketones is 1. The Morgan fingerprint density at radius 3 is 2.06 bits per heavy atom. The molecule has 0 aliphatic carbocycles. The second-order valence-electron chi connectivity index (χ2n) is 6.76. The second kappa shape index (κ2) is 11.7. The first-order chi connectivity index (χ1) is 15.7. The molecule has 0 aliphatic heterocycles. The smallest absolute Gasteiger partial charge is 0.326 e. The maximum absolute atomic E-state index is 12.6. The number of nitrogens with one attached hydrogen (secondary N) is 1. The number of carboxylic acids is 2. The van der Waals surface area contributed by atoms with E-state index in [9.17, 15) is 24.0 Å². The molecule has 33 heavy (non-hydrogen) atoms. The molecule has 2 unspecified atom stereocenters. The number of nitrogens with zero attached hydrogens (tertiary/aromatic N) is 1. The van der Waals surface area contributed by atoms with Crippen LogP contribution < -0.4 is 10.1 Å². The minimum absolute atomic E-state index is 0.263. The Morgan fingerprint density at radius 1 is 1.00 bits per heavy atom. The van der Waals surface area contributed by atoms with Crippen LogP contribution in [0.4, 0.5) is 5.69 Å². The summed E-state index contributed by atoms with van der Waals surface area (Å²) >= 11 is 0. The highest BCUT2D eigenvalue weighted by Gasteiger charge is 2.24. The number of carbonyl (C=O) groups excluding carboxylic acids is 3. The number of rotatable bonds is 12. The van der Waals surface area contributed by atoms with Gasteiger partial charge in [0.05, 0.1) is 18.5 Å². The molecule has 2 aromatic rings. The van der Waals surface area contributed by atoms with Gasteiger partial charge >= 0.3 is 11.9 Å². The Hall–Kier alpha value is -4.56. The number of benzene rings is 2. The number of carbonyl (C=O) groups is 4. The Bertz CT molecular complexity index is 1090. The molecule has 0 spiro atoms. The number of ether oxygens (including phenoxy) is 1. The van der Waals surface area contributed by atoms with Crippen molar-refractivity contribution < 1.29 is 38.9 Å². The molecule has 2 atom stereocenters. The van der Waals surface area contributed by atoms with E-state index in [1.165, 1.54) is 60.7 Å². The van der Waals surface area contributed by atoms with Crippen LogP contribution in [-0.2, 0) is 19.2 Å². The molecule has 170 valence electrons. The molecule has 0 saturated carbocycles. The minimum Gasteiger partial charge on any atom is -0.486 e. The van der Waals surface area contributed by atoms with Crippen molar-refractivity contribution in [1.29, 1.82) is 0 Å². The SMILES string of the molecule is C=CC(CC(=O)NC(CC(=O)O)C(=O)O)Oc1ccc(C(=O)c2ccc(N=C=O)cc2)cc1. The van der Waals surface area contributed by atoms with E-state index < -0.39 is 36.4 Å². The van der Waals surface area contributed by atoms with Crippen LogP contribution in [0, 0.1) is 0 Å². The van der Waals surface area contributed by atoms with Crippen LogP contribution in [0.15, 0.2) is 66.2 Å². The molecule has 10 nitrogen and oxygen atoms in total. The van der Waals surface area contributed by atoms with Gasteiger partial charge in [0, 0.05) is 11.1 Å². The summed E-state index contributed by atoms with van der Waals surface area (Å²) in [5.41, 5.74) is 1.14. The standard InChI is InChI=1S/C23H20N2O8/c1-2-17(11-20(27)25-19(23(31)32)12-21(28)29)33-18-9-5-15(6-10-18)22(30)14-3-7-16(8-4-14)24-13-26/h2-10,17,19H,1,11-12H2,(H,25,27)(H,28,29)(H,31,32). The van der Waals surface area contributed by atoms with E-state index in [1.54, 1.807) is 0 Å². The van der Waals surface area contributed by atoms with Crippen molar-refractivity contribution in [2.45, 2.75) is 25.0 Å². The maximum atomic E-state index is 12.6. The topological polar surface area (TPSA) is 159 Å². The van der Waals surface area contributed by atoms with Crippen LogP contribution in [-0.4, -0.2) is 52.1 Å². The quantitative estimate of drug-likeness (QED) is 0.191. The number of hydrogen-bond donors (Lipinski definition) is 3. The van der Waals surface area contributed by atoms with Crippen molar-refractivity contribution in [2.75, 3.05) is 0 Å². The fourth-order valence-electron chi connectivity index (χ4n) is 2.75. The Kier molecular flexibility index (Phi) is 8.78. The van der Waals surface area contributed by atoms with Gasteiger partial charge in [0.1, 0.15) is 17.9 Å². The van der Waals surface area contributed by atoms with Gasteiger partial charge in [0.2, 0.25) is 12.0 Å². The van der Waals surface area contributed by atoms with Gasteiger partial charge in [0.25, 0.3) is 0 Å². The van der Waals surface area contributed by atoms with E-state index in [-0.39, 0.29) is 12.2 Å². The normalized spacial score (nSPS) is 11.9. The largest absolute Gasteiger partial charge is 0.486 e. The molecule has 0 radical (unpaired) electrons. The highest BCUT2D eigenvalue weighted by atomic mass is 16.5. The van der Waals surface area contributed by atoms with Crippen LogP contribution in [0.5, 0.6) is 5.75 Å². The number of aliphatic carboxylic acids is 2. The first-order valence-corrected chi connectivity index (χ1v) is 9.59. The fraction of sp³-hybridized carbons (Fsp3) is 0.174. The molecule has 0 fully saturated rings. The molecule has 0 bridgehead atoms. The molecule has 10 heteroatoms. The average Bonchev–Trinajstić information content (AvgIpc) is 2.78. The number of isocyanates is 1. The van der Waals surface area contributed by atoms with Crippen LogP contribution in [0.1, 0.15) is 28.8 Å². The first-order valence-electron chi connectivity index (χ1n) is 9.59. The predicted molar refractivity (Wildman–Crippen MR) is 115 cm³/mol. The Balaban J connectivity index is 2.00. The summed E-state index contributed by atoms with van der Waals surface area (Å²) in [6.45, 7) is 3.58. The molecule has 0 heterocycles. The second-order valence-corrected chi connectivity index (χ2v) is 6.76. The first kappa shape index (κ1) is 24.7. The highest BCUT2D eigenvalue weighted by molar-refractivity contribution is 6.09. The van der Waals surface area contributed by atoms with E-state index in [1.807, 2.05) is 0 Å². The predicted octanol–water partition coefficient (Wildman–Crippen LogP) is 2.25. The highest BCUT2D eigenvalue weighted by Crippen LogP contribution is 2.19. The molecular weight excluding hydrogens is 432 g/mol. The van der Waals surface area contributed by atoms with Crippen LogP contribution in [0.25, 0.3) is 0 Å². The van der Waals surface area contributed by atoms with Crippen LogP contribution in [0.3, 0.4) is 0 Å². The van der Waals surface area contributed by atoms with Crippen LogP contribution >= 0.6 is 0 Å². The Morgan fingerprint density at radius 2 is 1.58 bits per heavy atom. The zero-order valence-electron chi connectivity index (χ0n) is 17.3. The minimum atomic E-state index is -1.56. The lowest BCUT2D eigenvalue weighted by Gasteiger charge is -2.17. The number of carboxylic acid groups (broad SMARTS) is 2. The summed E-state index contributed by atoms with van der Waals surface area (Å²) < 4.78 is 5.64. The van der Waals surface area contributed by atoms with E-state index in [2.05, 4.69) is 16.9 Å². The van der Waals surface area contributed by atoms with Crippen molar-refractivity contribution in [3.63, 3.8) is 0 Å². The summed E-state index contributed by atoms with van der Waals surface area (Å²) in [4.78, 5) is 60.2. The lowest BCUT2D eigenvalue weighted by Crippen LogP contribution is -2.43. The molecule has 2 aromatic carbocycles. The van der Waals surface area contributed by atoms with E-state index in [4.69, 9.17) is 14.9 Å². The van der Waals surface area contributed by atoms with Crippen molar-refractivity contribution in [3.8, 4) is 5.75 Å². The Labute approximate surface area is 188 Å². The molecule has 3 N–H and O–H groups in total. The molecule has 2 rings (SSSR count). The zero-order chi connectivity index (χ0) is 24.4. The summed E-state index contributed by atoms with van der Waals surface area (Å²) in [5, 5.41) is 19.9. The molecular formula is C23H20N2O8. The third-order valence-electron chi connectivity index (χ3n) is 4.37. The lowest BCUT2D eigenvalue weighted by molar-refractivity contribution is -0.147. The summed E-state index contributed by atoms with van der Waals surface area (Å²) in [5.74, 6) is -3.48. The molecule has 0 aliphatic rings. The molecule has 0 saturated heterocycles. The van der Waals surface area contributed by atoms with Crippen molar-refractivity contribution >= 4 is 35.4 Å². The van der Waals surface area contributed by atoms with Gasteiger partial charge in [-0.05, 0) is 48.5 Å². The third-order valence-corrected chi connectivity index (χ3v) is 4.37. The zero-order valence-corrected chi connectivity index (χ0v) is 17.3. The van der Waals surface area contributed by atoms with Gasteiger partial charge in [-0.15, -0.1) is 0 Å². The monoisotopic (exact) mass is 452 g/mol. The molecule has 1 amide bonds. The summed E-state index contributed by atoms with van der Waals surface area (Å²) in [6, 6.07) is 10.6. The van der Waals surface area contributed by atoms with E-state index >= 15 is 0 Å². The van der Waals surface area contributed by atoms with E-state index in [0.717, 1.165) is 0 Å². The lowest BCUT2D eigenvalue weighted by atomic mass is 10.0. The maximum Gasteiger partial charge on any atom is 0.326 e. The number of hydrogen-bond acceptors (Lipinski definition) is 7. The van der Waals surface area contributed by atoms with Crippen molar-refractivity contribution in [2.24, 2.45) is 4.99 Å². The van der Waals surface area contributed by atoms with Gasteiger partial charge in [-0.1, -0.05) is 12.7 Å². The van der Waals surface area contributed by atoms with Gasteiger partial charge in [-0.2, -0.15) is 4.99 Å². The average molecular weight is 452 g/mol. The van der Waals surface area contributed by atoms with Crippen LogP contribution in [0.2, 0.25) is 0 Å². The van der Waals surface area contributed by atoms with Crippen molar-refractivity contribution in [1.82, 2.24) is 5.32 Å². The number of amides is 1. The van der Waals surface area contributed by atoms with E-state index in [0.29, 0.717) is 22.6 Å². The van der Waals surface area contributed by atoms with Gasteiger partial charge in [-0.25, -0.2) is 9.59 Å². The van der Waals surface area contributed by atoms with Gasteiger partial charge < -0.3 is 20.3 Å². The van der Waals surface area contributed by atoms with Gasteiger partial charge in [0.15, 0.2) is 5.78 Å².